The van der Waals surface area contributed by atoms with Gasteiger partial charge in [0.25, 0.3) is 11.8 Å². The number of nitrogens with two attached hydrogens (primary N) is 2. The van der Waals surface area contributed by atoms with Gasteiger partial charge in [0, 0.05) is 37.6 Å². The van der Waals surface area contributed by atoms with E-state index in [1.54, 1.807) is 13.8 Å². The van der Waals surface area contributed by atoms with Crippen molar-refractivity contribution in [3.05, 3.63) is 25.3 Å². The van der Waals surface area contributed by atoms with Gasteiger partial charge in [-0.3, -0.25) is 28.9 Å². The number of hydrogen-bond donors (Lipinski definition) is 5. The standard InChI is InChI=1S/C25H42N6O6.C2H6.C2H4/c1-17(2)23(35)18(10-8-15-28-25(27)37)30-24(36)19(9-5-6-14-26)29-20(32)11-4-3-7-16-31-21(33)12-13-22(31)34;2*1-2/h12-13,17-19H,3-11,14-16,26H2,1-2H3,(H,29,32)(H,30,36)(H3,27,28,37);1-2H3;1-2H2/t18-,19?;;/m0../s1. The summed E-state index contributed by atoms with van der Waals surface area (Å²) in [7, 11) is 0. The largest absolute Gasteiger partial charge is 0.352 e. The van der Waals surface area contributed by atoms with Crippen LogP contribution in [0.15, 0.2) is 25.3 Å². The van der Waals surface area contributed by atoms with E-state index >= 15 is 0 Å². The summed E-state index contributed by atoms with van der Waals surface area (Å²) in [5, 5.41) is 8.01. The zero-order chi connectivity index (χ0) is 31.8. The summed E-state index contributed by atoms with van der Waals surface area (Å²) in [4.78, 5) is 73.5. The number of carbonyl (C=O) groups excluding carboxylic acids is 6. The van der Waals surface area contributed by atoms with Crippen LogP contribution >= 0.6 is 0 Å². The second-order valence-electron chi connectivity index (χ2n) is 9.43. The van der Waals surface area contributed by atoms with Gasteiger partial charge in [-0.1, -0.05) is 34.1 Å². The third-order valence-corrected chi connectivity index (χ3v) is 5.98. The number of amides is 6. The van der Waals surface area contributed by atoms with Gasteiger partial charge in [0.05, 0.1) is 6.04 Å². The molecular formula is C29H52N6O6. The SMILES string of the molecule is C=C.CC.CC(C)C(=O)[C@H](CCCNC(N)=O)NC(=O)C(CCCCN)NC(=O)CCCCCN1C(=O)C=CC1=O. The molecule has 1 unspecified atom stereocenters. The van der Waals surface area contributed by atoms with Crippen LogP contribution in [0.5, 0.6) is 0 Å². The van der Waals surface area contributed by atoms with E-state index in [-0.39, 0.29) is 42.4 Å². The molecule has 7 N–H and O–H groups in total. The number of carbonyl (C=O) groups is 6. The lowest BCUT2D eigenvalue weighted by Gasteiger charge is -2.24. The number of rotatable bonds is 19. The van der Waals surface area contributed by atoms with E-state index in [1.807, 2.05) is 13.8 Å². The topological polar surface area (TPSA) is 194 Å². The third kappa shape index (κ3) is 17.7. The normalized spacial score (nSPS) is 13.4. The fraction of sp³-hybridized carbons (Fsp3) is 0.655. The predicted molar refractivity (Wildman–Crippen MR) is 160 cm³/mol. The van der Waals surface area contributed by atoms with E-state index in [9.17, 15) is 28.8 Å². The van der Waals surface area contributed by atoms with Crippen molar-refractivity contribution in [3.8, 4) is 0 Å². The molecule has 0 fully saturated rings. The van der Waals surface area contributed by atoms with Crippen molar-refractivity contribution in [1.29, 1.82) is 0 Å². The van der Waals surface area contributed by atoms with Gasteiger partial charge < -0.3 is 27.4 Å². The molecule has 0 bridgehead atoms. The number of ketones is 1. The second-order valence-corrected chi connectivity index (χ2v) is 9.43. The Morgan fingerprint density at radius 3 is 1.98 bits per heavy atom. The molecule has 1 aliphatic heterocycles. The number of primary amides is 1. The van der Waals surface area contributed by atoms with Gasteiger partial charge in [0.1, 0.15) is 6.04 Å². The van der Waals surface area contributed by atoms with Crippen molar-refractivity contribution >= 4 is 35.4 Å². The first-order valence-corrected chi connectivity index (χ1v) is 14.5. The highest BCUT2D eigenvalue weighted by Crippen LogP contribution is 2.10. The third-order valence-electron chi connectivity index (χ3n) is 5.98. The molecule has 0 aromatic carbocycles. The summed E-state index contributed by atoms with van der Waals surface area (Å²) in [6, 6.07) is -2.22. The minimum atomic E-state index is -0.809. The number of urea groups is 1. The number of imide groups is 1. The predicted octanol–water partition coefficient (Wildman–Crippen LogP) is 2.07. The lowest BCUT2D eigenvalue weighted by Crippen LogP contribution is -2.52. The van der Waals surface area contributed by atoms with Crippen LogP contribution in [-0.2, 0) is 24.0 Å². The van der Waals surface area contributed by atoms with Gasteiger partial charge in [-0.05, 0) is 51.5 Å². The molecule has 6 amide bonds. The Hall–Kier alpha value is -3.54. The number of nitrogens with one attached hydrogen (secondary N) is 3. The molecule has 0 spiro atoms. The van der Waals surface area contributed by atoms with Crippen LogP contribution in [0, 0.1) is 5.92 Å². The molecule has 1 heterocycles. The maximum atomic E-state index is 13.1. The fourth-order valence-electron chi connectivity index (χ4n) is 3.89. The summed E-state index contributed by atoms with van der Waals surface area (Å²) < 4.78 is 0. The van der Waals surface area contributed by atoms with E-state index < -0.39 is 24.0 Å². The molecule has 12 nitrogen and oxygen atoms in total. The van der Waals surface area contributed by atoms with Crippen molar-refractivity contribution in [1.82, 2.24) is 20.9 Å². The Morgan fingerprint density at radius 2 is 1.44 bits per heavy atom. The maximum Gasteiger partial charge on any atom is 0.312 e. The molecule has 0 aliphatic carbocycles. The second kappa shape index (κ2) is 24.3. The molecule has 41 heavy (non-hydrogen) atoms. The van der Waals surface area contributed by atoms with Gasteiger partial charge in [-0.2, -0.15) is 0 Å². The quantitative estimate of drug-likeness (QED) is 0.0876. The van der Waals surface area contributed by atoms with E-state index in [2.05, 4.69) is 29.1 Å². The highest BCUT2D eigenvalue weighted by molar-refractivity contribution is 6.12. The van der Waals surface area contributed by atoms with E-state index in [0.29, 0.717) is 64.5 Å². The van der Waals surface area contributed by atoms with Crippen LogP contribution in [-0.4, -0.2) is 72.1 Å². The minimum Gasteiger partial charge on any atom is -0.352 e. The molecule has 0 aromatic heterocycles. The summed E-state index contributed by atoms with van der Waals surface area (Å²) in [5.41, 5.74) is 10.6. The monoisotopic (exact) mass is 580 g/mol. The van der Waals surface area contributed by atoms with Crippen molar-refractivity contribution in [3.63, 3.8) is 0 Å². The fourth-order valence-corrected chi connectivity index (χ4v) is 3.89. The first-order chi connectivity index (χ1) is 19.6. The van der Waals surface area contributed by atoms with E-state index in [4.69, 9.17) is 11.5 Å². The molecule has 234 valence electrons. The van der Waals surface area contributed by atoms with E-state index in [0.717, 1.165) is 4.90 Å². The van der Waals surface area contributed by atoms with Crippen LogP contribution in [0.4, 0.5) is 4.79 Å². The van der Waals surface area contributed by atoms with Gasteiger partial charge in [0.2, 0.25) is 11.8 Å². The zero-order valence-electron chi connectivity index (χ0n) is 25.3. The molecular weight excluding hydrogens is 528 g/mol. The summed E-state index contributed by atoms with van der Waals surface area (Å²) in [5.74, 6) is -1.82. The van der Waals surface area contributed by atoms with Gasteiger partial charge in [0.15, 0.2) is 5.78 Å². The van der Waals surface area contributed by atoms with Gasteiger partial charge >= 0.3 is 6.03 Å². The van der Waals surface area contributed by atoms with Crippen molar-refractivity contribution in [2.24, 2.45) is 17.4 Å². The smallest absolute Gasteiger partial charge is 0.312 e. The lowest BCUT2D eigenvalue weighted by atomic mass is 9.97. The molecule has 0 saturated heterocycles. The summed E-state index contributed by atoms with van der Waals surface area (Å²) in [6.07, 6.45) is 6.89. The van der Waals surface area contributed by atoms with Crippen LogP contribution in [0.3, 0.4) is 0 Å². The molecule has 12 heteroatoms. The van der Waals surface area contributed by atoms with Crippen LogP contribution in [0.2, 0.25) is 0 Å². The lowest BCUT2D eigenvalue weighted by molar-refractivity contribution is -0.137. The Kier molecular flexibility index (Phi) is 23.4. The average molecular weight is 581 g/mol. The number of Topliss-reactive ketones (excluding diaryl/α,β-unsaturated/α-hetero) is 1. The molecule has 2 atom stereocenters. The van der Waals surface area contributed by atoms with Crippen LogP contribution in [0.1, 0.15) is 85.5 Å². The molecule has 1 rings (SSSR count). The average Bonchev–Trinajstić information content (AvgIpc) is 3.27. The van der Waals surface area contributed by atoms with Crippen molar-refractivity contribution in [2.75, 3.05) is 19.6 Å². The van der Waals surface area contributed by atoms with Gasteiger partial charge in [-0.25, -0.2) is 4.79 Å². The Balaban J connectivity index is 0. The molecule has 1 aliphatic rings. The van der Waals surface area contributed by atoms with Crippen molar-refractivity contribution < 1.29 is 28.8 Å². The maximum absolute atomic E-state index is 13.1. The Morgan fingerprint density at radius 1 is 0.854 bits per heavy atom. The summed E-state index contributed by atoms with van der Waals surface area (Å²) >= 11 is 0. The Bertz CT molecular complexity index is 843. The van der Waals surface area contributed by atoms with E-state index in [1.165, 1.54) is 12.2 Å². The number of hydrogen-bond acceptors (Lipinski definition) is 7. The molecule has 0 radical (unpaired) electrons. The number of nitrogens with zero attached hydrogens (tertiary/aromatic N) is 1. The minimum absolute atomic E-state index is 0.135. The molecule has 0 saturated carbocycles. The first-order valence-electron chi connectivity index (χ1n) is 14.5. The number of unbranched alkanes of at least 4 members (excludes halogenated alkanes) is 3. The van der Waals surface area contributed by atoms with Crippen LogP contribution in [0.25, 0.3) is 0 Å². The van der Waals surface area contributed by atoms with Crippen molar-refractivity contribution in [2.45, 2.75) is 97.6 Å². The first kappa shape index (κ1) is 39.6. The highest BCUT2D eigenvalue weighted by Gasteiger charge is 2.27. The zero-order valence-corrected chi connectivity index (χ0v) is 25.3. The van der Waals surface area contributed by atoms with Gasteiger partial charge in [-0.15, -0.1) is 13.2 Å². The summed E-state index contributed by atoms with van der Waals surface area (Å²) in [6.45, 7) is 14.5. The molecule has 0 aromatic rings. The Labute approximate surface area is 245 Å². The highest BCUT2D eigenvalue weighted by atomic mass is 16.2. The van der Waals surface area contributed by atoms with Crippen LogP contribution < -0.4 is 27.4 Å².